The van der Waals surface area contributed by atoms with E-state index in [4.69, 9.17) is 9.72 Å². The number of imidazole rings is 1. The van der Waals surface area contributed by atoms with Crippen molar-refractivity contribution in [3.8, 4) is 17.1 Å². The van der Waals surface area contributed by atoms with Gasteiger partial charge in [0.15, 0.2) is 0 Å². The van der Waals surface area contributed by atoms with Crippen LogP contribution in [0.2, 0.25) is 0 Å². The Labute approximate surface area is 178 Å². The van der Waals surface area contributed by atoms with Crippen molar-refractivity contribution < 1.29 is 9.53 Å². The third kappa shape index (κ3) is 3.04. The fourth-order valence-electron chi connectivity index (χ4n) is 3.88. The van der Waals surface area contributed by atoms with E-state index in [0.29, 0.717) is 11.3 Å². The van der Waals surface area contributed by atoms with Crippen molar-refractivity contribution in [2.75, 3.05) is 0 Å². The third-order valence-corrected chi connectivity index (χ3v) is 5.31. The summed E-state index contributed by atoms with van der Waals surface area (Å²) in [6, 6.07) is 15.3. The molecule has 0 atom stereocenters. The highest BCUT2D eigenvalue weighted by Gasteiger charge is 2.19. The molecule has 6 nitrogen and oxygen atoms in total. The quantitative estimate of drug-likeness (QED) is 0.175. The molecule has 2 aromatic carbocycles. The Morgan fingerprint density at radius 2 is 1.61 bits per heavy atom. The maximum Gasteiger partial charge on any atom is 0.338 e. The number of benzene rings is 2. The van der Waals surface area contributed by atoms with E-state index in [1.165, 1.54) is 0 Å². The van der Waals surface area contributed by atoms with E-state index in [1.807, 2.05) is 30.3 Å². The predicted octanol–water partition coefficient (Wildman–Crippen LogP) is 5.30. The highest BCUT2D eigenvalue weighted by atomic mass is 16.5. The van der Waals surface area contributed by atoms with Gasteiger partial charge in [0.05, 0.1) is 22.1 Å². The Morgan fingerprint density at radius 3 is 2.26 bits per heavy atom. The van der Waals surface area contributed by atoms with Gasteiger partial charge in [-0.1, -0.05) is 6.58 Å². The van der Waals surface area contributed by atoms with Crippen LogP contribution in [0.4, 0.5) is 0 Å². The monoisotopic (exact) mass is 408 g/mol. The summed E-state index contributed by atoms with van der Waals surface area (Å²) in [7, 11) is 0. The molecular formula is C25H20N4O2. The molecule has 0 bridgehead atoms. The lowest BCUT2D eigenvalue weighted by molar-refractivity contribution is -0.130. The van der Waals surface area contributed by atoms with E-state index in [1.54, 1.807) is 31.5 Å². The molecule has 0 saturated carbocycles. The molecule has 6 heteroatoms. The van der Waals surface area contributed by atoms with E-state index >= 15 is 0 Å². The Hall–Kier alpha value is -4.06. The molecule has 0 spiro atoms. The summed E-state index contributed by atoms with van der Waals surface area (Å²) in [5.41, 5.74) is 4.95. The van der Waals surface area contributed by atoms with Gasteiger partial charge in [-0.25, -0.2) is 9.78 Å². The SMILES string of the molecule is C=C(C)C(=O)Oc1ccc(-c2nc3c4cccnc4c4ncccc4c3n2CC)cc1. The molecule has 0 aliphatic heterocycles. The van der Waals surface area contributed by atoms with Crippen molar-refractivity contribution in [2.45, 2.75) is 20.4 Å². The van der Waals surface area contributed by atoms with Crippen LogP contribution in [-0.2, 0) is 11.3 Å². The average molecular weight is 408 g/mol. The Kier molecular flexibility index (Phi) is 4.47. The molecule has 0 aliphatic rings. The first-order valence-electron chi connectivity index (χ1n) is 10.1. The van der Waals surface area contributed by atoms with Gasteiger partial charge in [-0.05, 0) is 62.4 Å². The topological polar surface area (TPSA) is 69.9 Å². The van der Waals surface area contributed by atoms with Crippen LogP contribution in [0.25, 0.3) is 44.2 Å². The lowest BCUT2D eigenvalue weighted by atomic mass is 10.1. The van der Waals surface area contributed by atoms with Crippen molar-refractivity contribution in [3.63, 3.8) is 0 Å². The number of aromatic nitrogens is 4. The summed E-state index contributed by atoms with van der Waals surface area (Å²) in [5.74, 6) is 0.878. The van der Waals surface area contributed by atoms with Gasteiger partial charge in [-0.3, -0.25) is 9.97 Å². The Balaban J connectivity index is 1.74. The van der Waals surface area contributed by atoms with Crippen molar-refractivity contribution in [3.05, 3.63) is 73.1 Å². The molecule has 0 aliphatic carbocycles. The summed E-state index contributed by atoms with van der Waals surface area (Å²) in [6.07, 6.45) is 3.58. The molecule has 5 rings (SSSR count). The van der Waals surface area contributed by atoms with Gasteiger partial charge in [0.1, 0.15) is 11.6 Å². The molecule has 3 heterocycles. The fraction of sp³-hybridized carbons (Fsp3) is 0.120. The van der Waals surface area contributed by atoms with Crippen LogP contribution in [0.15, 0.2) is 73.1 Å². The van der Waals surface area contributed by atoms with Crippen molar-refractivity contribution in [2.24, 2.45) is 0 Å². The molecule has 3 aromatic heterocycles. The van der Waals surface area contributed by atoms with Crippen LogP contribution in [0.3, 0.4) is 0 Å². The number of nitrogens with zero attached hydrogens (tertiary/aromatic N) is 4. The molecule has 0 saturated heterocycles. The Morgan fingerprint density at radius 1 is 0.968 bits per heavy atom. The normalized spacial score (nSPS) is 11.3. The van der Waals surface area contributed by atoms with E-state index in [2.05, 4.69) is 34.1 Å². The molecule has 0 unspecified atom stereocenters. The van der Waals surface area contributed by atoms with Crippen LogP contribution in [0.5, 0.6) is 5.75 Å². The molecule has 0 N–H and O–H groups in total. The first-order valence-corrected chi connectivity index (χ1v) is 10.1. The van der Waals surface area contributed by atoms with Crippen LogP contribution in [0, 0.1) is 0 Å². The molecule has 0 fully saturated rings. The minimum atomic E-state index is -0.438. The van der Waals surface area contributed by atoms with Crippen molar-refractivity contribution in [1.82, 2.24) is 19.5 Å². The highest BCUT2D eigenvalue weighted by molar-refractivity contribution is 6.21. The number of hydrogen-bond acceptors (Lipinski definition) is 5. The van der Waals surface area contributed by atoms with Crippen LogP contribution in [-0.4, -0.2) is 25.5 Å². The first-order chi connectivity index (χ1) is 15.1. The molecule has 0 amide bonds. The maximum atomic E-state index is 11.8. The van der Waals surface area contributed by atoms with E-state index in [-0.39, 0.29) is 0 Å². The van der Waals surface area contributed by atoms with Crippen molar-refractivity contribution in [1.29, 1.82) is 0 Å². The van der Waals surface area contributed by atoms with E-state index in [0.717, 1.165) is 50.8 Å². The minimum Gasteiger partial charge on any atom is -0.423 e. The number of pyridine rings is 2. The van der Waals surface area contributed by atoms with Gasteiger partial charge in [0, 0.05) is 40.8 Å². The number of fused-ring (bicyclic) bond motifs is 6. The van der Waals surface area contributed by atoms with Crippen LogP contribution < -0.4 is 4.74 Å². The largest absolute Gasteiger partial charge is 0.423 e. The summed E-state index contributed by atoms with van der Waals surface area (Å²) in [5, 5.41) is 2.00. The van der Waals surface area contributed by atoms with Gasteiger partial charge >= 0.3 is 5.97 Å². The lowest BCUT2D eigenvalue weighted by Gasteiger charge is -2.09. The van der Waals surface area contributed by atoms with Crippen LogP contribution >= 0.6 is 0 Å². The van der Waals surface area contributed by atoms with Gasteiger partial charge in [0.25, 0.3) is 0 Å². The molecular weight excluding hydrogens is 388 g/mol. The molecule has 31 heavy (non-hydrogen) atoms. The predicted molar refractivity (Wildman–Crippen MR) is 122 cm³/mol. The number of rotatable bonds is 4. The van der Waals surface area contributed by atoms with Gasteiger partial charge in [0.2, 0.25) is 0 Å². The molecule has 152 valence electrons. The number of hydrogen-bond donors (Lipinski definition) is 0. The van der Waals surface area contributed by atoms with Gasteiger partial charge < -0.3 is 9.30 Å². The average Bonchev–Trinajstić information content (AvgIpc) is 3.20. The fourth-order valence-corrected chi connectivity index (χ4v) is 3.88. The third-order valence-electron chi connectivity index (χ3n) is 5.31. The Bertz CT molecular complexity index is 1480. The zero-order valence-corrected chi connectivity index (χ0v) is 17.3. The first kappa shape index (κ1) is 18.9. The zero-order chi connectivity index (χ0) is 21.5. The number of carbonyl (C=O) groups excluding carboxylic acids is 1. The zero-order valence-electron chi connectivity index (χ0n) is 17.3. The highest BCUT2D eigenvalue weighted by Crippen LogP contribution is 2.36. The summed E-state index contributed by atoms with van der Waals surface area (Å²) in [6.45, 7) is 8.08. The van der Waals surface area contributed by atoms with E-state index in [9.17, 15) is 4.79 Å². The smallest absolute Gasteiger partial charge is 0.338 e. The second-order valence-electron chi connectivity index (χ2n) is 7.37. The number of aryl methyl sites for hydroxylation is 1. The summed E-state index contributed by atoms with van der Waals surface area (Å²) >= 11 is 0. The van der Waals surface area contributed by atoms with Crippen LogP contribution in [0.1, 0.15) is 13.8 Å². The number of ether oxygens (including phenoxy) is 1. The summed E-state index contributed by atoms with van der Waals surface area (Å²) < 4.78 is 7.51. The number of esters is 1. The van der Waals surface area contributed by atoms with Crippen molar-refractivity contribution >= 4 is 38.8 Å². The standard InChI is InChI=1S/C25H20N4O2/c1-4-29-23-19-8-6-14-27-21(19)20-18(7-5-13-26-20)22(23)28-24(29)16-9-11-17(12-10-16)31-25(30)15(2)3/h5-14H,2,4H2,1,3H3. The summed E-state index contributed by atoms with van der Waals surface area (Å²) in [4.78, 5) is 26.0. The maximum absolute atomic E-state index is 11.8. The molecule has 0 radical (unpaired) electrons. The second-order valence-corrected chi connectivity index (χ2v) is 7.37. The lowest BCUT2D eigenvalue weighted by Crippen LogP contribution is -2.08. The second kappa shape index (κ2) is 7.32. The molecule has 5 aromatic rings. The number of carbonyl (C=O) groups is 1. The minimum absolute atomic E-state index is 0.359. The van der Waals surface area contributed by atoms with Gasteiger partial charge in [-0.2, -0.15) is 0 Å². The van der Waals surface area contributed by atoms with E-state index < -0.39 is 5.97 Å². The van der Waals surface area contributed by atoms with Gasteiger partial charge in [-0.15, -0.1) is 0 Å².